The molecule has 1 rings (SSSR count). The van der Waals surface area contributed by atoms with Crippen LogP contribution in [-0.2, 0) is 0 Å². The Kier molecular flexibility index (Phi) is 12.3. The van der Waals surface area contributed by atoms with Crippen molar-refractivity contribution < 1.29 is 10.2 Å². The summed E-state index contributed by atoms with van der Waals surface area (Å²) in [5.74, 6) is 3.58. The van der Waals surface area contributed by atoms with E-state index in [-0.39, 0.29) is 0 Å². The third kappa shape index (κ3) is 9.71. The number of allylic oxidation sites excluding steroid dienone is 1. The van der Waals surface area contributed by atoms with E-state index >= 15 is 0 Å². The number of benzene rings is 1. The van der Waals surface area contributed by atoms with Gasteiger partial charge in [-0.25, -0.2) is 0 Å². The standard InChI is InChI=1S/C29H50O2/c1-20(2)12-9-13-21(3)14-10-15-22(4)16-11-17-23(5)18-19-27-26(8)28(30)24(6)25(7)29(27)31/h18-23,30-31H,9-17H2,1-8H3/t21-,22-,23-/m1/s1. The van der Waals surface area contributed by atoms with Crippen molar-refractivity contribution in [1.82, 2.24) is 0 Å². The van der Waals surface area contributed by atoms with Gasteiger partial charge < -0.3 is 10.2 Å². The van der Waals surface area contributed by atoms with Crippen molar-refractivity contribution in [2.45, 2.75) is 113 Å². The highest BCUT2D eigenvalue weighted by Crippen LogP contribution is 2.37. The van der Waals surface area contributed by atoms with Crippen LogP contribution in [0.2, 0.25) is 0 Å². The second-order valence-electron chi connectivity index (χ2n) is 10.7. The molecule has 0 saturated heterocycles. The SMILES string of the molecule is Cc1c(C)c(O)c(C=C[C@H](C)CCC[C@H](C)CCC[C@H](C)CCCC(C)C)c(C)c1O. The number of rotatable bonds is 14. The van der Waals surface area contributed by atoms with Crippen molar-refractivity contribution in [2.24, 2.45) is 23.7 Å². The van der Waals surface area contributed by atoms with E-state index in [1.807, 2.05) is 26.8 Å². The quantitative estimate of drug-likeness (QED) is 0.289. The van der Waals surface area contributed by atoms with E-state index in [9.17, 15) is 10.2 Å². The Labute approximate surface area is 193 Å². The minimum absolute atomic E-state index is 0.295. The minimum Gasteiger partial charge on any atom is -0.507 e. The first-order valence-corrected chi connectivity index (χ1v) is 12.7. The predicted octanol–water partition coefficient (Wildman–Crippen LogP) is 9.11. The molecule has 1 aromatic rings. The molecule has 0 unspecified atom stereocenters. The minimum atomic E-state index is 0.295. The summed E-state index contributed by atoms with van der Waals surface area (Å²) in [4.78, 5) is 0. The summed E-state index contributed by atoms with van der Waals surface area (Å²) < 4.78 is 0. The van der Waals surface area contributed by atoms with E-state index in [4.69, 9.17) is 0 Å². The molecule has 0 aliphatic carbocycles. The lowest BCUT2D eigenvalue weighted by Crippen LogP contribution is -2.01. The van der Waals surface area contributed by atoms with Gasteiger partial charge in [0.25, 0.3) is 0 Å². The average Bonchev–Trinajstić information content (AvgIpc) is 2.70. The van der Waals surface area contributed by atoms with Gasteiger partial charge in [0.2, 0.25) is 0 Å². The van der Waals surface area contributed by atoms with Crippen LogP contribution in [-0.4, -0.2) is 10.2 Å². The summed E-state index contributed by atoms with van der Waals surface area (Å²) in [6, 6.07) is 0. The van der Waals surface area contributed by atoms with Crippen LogP contribution in [0.5, 0.6) is 11.5 Å². The maximum atomic E-state index is 10.5. The largest absolute Gasteiger partial charge is 0.507 e. The van der Waals surface area contributed by atoms with Gasteiger partial charge in [-0.1, -0.05) is 98.1 Å². The highest BCUT2D eigenvalue weighted by Gasteiger charge is 2.14. The number of phenolic OH excluding ortho intramolecular Hbond substituents is 2. The second kappa shape index (κ2) is 13.9. The van der Waals surface area contributed by atoms with Gasteiger partial charge in [-0.3, -0.25) is 0 Å². The molecule has 0 aliphatic rings. The Balaban J connectivity index is 2.34. The van der Waals surface area contributed by atoms with E-state index in [1.54, 1.807) is 0 Å². The van der Waals surface area contributed by atoms with Crippen LogP contribution >= 0.6 is 0 Å². The van der Waals surface area contributed by atoms with Crippen molar-refractivity contribution in [3.8, 4) is 11.5 Å². The van der Waals surface area contributed by atoms with E-state index in [2.05, 4.69) is 40.7 Å². The Morgan fingerprint density at radius 2 is 1.06 bits per heavy atom. The Hall–Kier alpha value is -1.44. The predicted molar refractivity (Wildman–Crippen MR) is 137 cm³/mol. The lowest BCUT2D eigenvalue weighted by molar-refractivity contribution is 0.383. The molecule has 0 amide bonds. The average molecular weight is 431 g/mol. The van der Waals surface area contributed by atoms with Crippen LogP contribution in [0.15, 0.2) is 6.08 Å². The molecule has 0 heterocycles. The Bertz CT molecular complexity index is 657. The first-order chi connectivity index (χ1) is 14.5. The van der Waals surface area contributed by atoms with Gasteiger partial charge >= 0.3 is 0 Å². The maximum Gasteiger partial charge on any atom is 0.126 e. The fraction of sp³-hybridized carbons (Fsp3) is 0.724. The molecule has 2 N–H and O–H groups in total. The lowest BCUT2D eigenvalue weighted by atomic mass is 9.91. The Morgan fingerprint density at radius 1 is 0.613 bits per heavy atom. The van der Waals surface area contributed by atoms with Crippen LogP contribution < -0.4 is 0 Å². The summed E-state index contributed by atoms with van der Waals surface area (Å²) in [5.41, 5.74) is 3.04. The first kappa shape index (κ1) is 27.6. The summed E-state index contributed by atoms with van der Waals surface area (Å²) in [6.07, 6.45) is 16.2. The van der Waals surface area contributed by atoms with E-state index in [1.165, 1.54) is 57.8 Å². The van der Waals surface area contributed by atoms with E-state index in [0.717, 1.165) is 40.0 Å². The molecule has 0 fully saturated rings. The number of phenols is 2. The fourth-order valence-electron chi connectivity index (χ4n) is 4.47. The fourth-order valence-corrected chi connectivity index (χ4v) is 4.47. The highest BCUT2D eigenvalue weighted by atomic mass is 16.3. The Morgan fingerprint density at radius 3 is 1.58 bits per heavy atom. The van der Waals surface area contributed by atoms with Crippen LogP contribution in [0.1, 0.15) is 115 Å². The summed E-state index contributed by atoms with van der Waals surface area (Å²) >= 11 is 0. The highest BCUT2D eigenvalue weighted by molar-refractivity contribution is 5.68. The first-order valence-electron chi connectivity index (χ1n) is 12.7. The van der Waals surface area contributed by atoms with Gasteiger partial charge in [0.05, 0.1) is 0 Å². The van der Waals surface area contributed by atoms with Gasteiger partial charge in [0, 0.05) is 11.1 Å². The molecule has 0 spiro atoms. The van der Waals surface area contributed by atoms with Crippen LogP contribution in [0, 0.1) is 44.4 Å². The zero-order valence-electron chi connectivity index (χ0n) is 21.7. The third-order valence-corrected chi connectivity index (χ3v) is 7.11. The van der Waals surface area contributed by atoms with Gasteiger partial charge in [0.15, 0.2) is 0 Å². The second-order valence-corrected chi connectivity index (χ2v) is 10.7. The van der Waals surface area contributed by atoms with Crippen molar-refractivity contribution >= 4 is 6.08 Å². The van der Waals surface area contributed by atoms with Gasteiger partial charge in [-0.15, -0.1) is 0 Å². The number of hydrogen-bond donors (Lipinski definition) is 2. The molecule has 0 aliphatic heterocycles. The topological polar surface area (TPSA) is 40.5 Å². The molecule has 1 aromatic carbocycles. The molecular formula is C29H50O2. The third-order valence-electron chi connectivity index (χ3n) is 7.11. The monoisotopic (exact) mass is 430 g/mol. The molecule has 31 heavy (non-hydrogen) atoms. The molecule has 0 radical (unpaired) electrons. The smallest absolute Gasteiger partial charge is 0.126 e. The van der Waals surface area contributed by atoms with Crippen molar-refractivity contribution in [1.29, 1.82) is 0 Å². The summed E-state index contributed by atoms with van der Waals surface area (Å²) in [6.45, 7) is 17.3. The van der Waals surface area contributed by atoms with Gasteiger partial charge in [-0.2, -0.15) is 0 Å². The molecule has 0 saturated carbocycles. The van der Waals surface area contributed by atoms with Gasteiger partial charge in [-0.05, 0) is 62.0 Å². The van der Waals surface area contributed by atoms with Gasteiger partial charge in [0.1, 0.15) is 11.5 Å². The molecule has 0 aromatic heterocycles. The lowest BCUT2D eigenvalue weighted by Gasteiger charge is -2.16. The molecule has 2 nitrogen and oxygen atoms in total. The number of aromatic hydroxyl groups is 2. The van der Waals surface area contributed by atoms with Crippen LogP contribution in [0.25, 0.3) is 6.08 Å². The van der Waals surface area contributed by atoms with Crippen molar-refractivity contribution in [3.63, 3.8) is 0 Å². The zero-order valence-corrected chi connectivity index (χ0v) is 21.7. The summed E-state index contributed by atoms with van der Waals surface area (Å²) in [7, 11) is 0. The van der Waals surface area contributed by atoms with Crippen molar-refractivity contribution in [3.05, 3.63) is 28.3 Å². The zero-order chi connectivity index (χ0) is 23.6. The van der Waals surface area contributed by atoms with E-state index in [0.29, 0.717) is 17.4 Å². The van der Waals surface area contributed by atoms with Crippen molar-refractivity contribution in [2.75, 3.05) is 0 Å². The normalized spacial score (nSPS) is 15.0. The molecule has 3 atom stereocenters. The van der Waals surface area contributed by atoms with Crippen LogP contribution in [0.3, 0.4) is 0 Å². The molecule has 2 heteroatoms. The molecular weight excluding hydrogens is 380 g/mol. The summed E-state index contributed by atoms with van der Waals surface area (Å²) in [5, 5.41) is 20.8. The maximum absolute atomic E-state index is 10.5. The molecule has 0 bridgehead atoms. The number of hydrogen-bond acceptors (Lipinski definition) is 2. The van der Waals surface area contributed by atoms with Crippen LogP contribution in [0.4, 0.5) is 0 Å². The van der Waals surface area contributed by atoms with E-state index < -0.39 is 0 Å². The molecule has 178 valence electrons.